The Hall–Kier alpha value is -1.10. The minimum Gasteiger partial charge on any atom is -0.476 e. The fourth-order valence-corrected chi connectivity index (χ4v) is 3.53. The quantitative estimate of drug-likeness (QED) is 0.869. The number of hydrogen-bond donors (Lipinski definition) is 1. The minimum atomic E-state index is -0.922. The Morgan fingerprint density at radius 2 is 1.84 bits per heavy atom. The van der Waals surface area contributed by atoms with Gasteiger partial charge < -0.3 is 10.0 Å². The Kier molecular flexibility index (Phi) is 3.73. The lowest BCUT2D eigenvalue weighted by molar-refractivity contribution is 0.0691. The molecule has 1 heterocycles. The molecule has 0 spiro atoms. The molecular weight excluding hydrogens is 260 g/mol. The lowest BCUT2D eigenvalue weighted by Gasteiger charge is -2.36. The fourth-order valence-electron chi connectivity index (χ4n) is 2.71. The van der Waals surface area contributed by atoms with Crippen LogP contribution < -0.4 is 4.90 Å². The van der Waals surface area contributed by atoms with Crippen LogP contribution in [-0.4, -0.2) is 29.1 Å². The third-order valence-electron chi connectivity index (χ3n) is 4.39. The van der Waals surface area contributed by atoms with Crippen molar-refractivity contribution in [1.82, 2.24) is 4.98 Å². The molecule has 2 aliphatic rings. The highest BCUT2D eigenvalue weighted by Gasteiger charge is 2.27. The first-order chi connectivity index (χ1) is 9.22. The summed E-state index contributed by atoms with van der Waals surface area (Å²) in [4.78, 5) is 17.6. The van der Waals surface area contributed by atoms with Crippen LogP contribution in [0.2, 0.25) is 0 Å². The second-order valence-electron chi connectivity index (χ2n) is 5.82. The number of anilines is 1. The van der Waals surface area contributed by atoms with E-state index in [0.717, 1.165) is 30.1 Å². The van der Waals surface area contributed by atoms with Gasteiger partial charge in [0, 0.05) is 18.5 Å². The van der Waals surface area contributed by atoms with Crippen LogP contribution in [0.1, 0.15) is 49.0 Å². The zero-order chi connectivity index (χ0) is 13.2. The van der Waals surface area contributed by atoms with E-state index in [1.54, 1.807) is 5.38 Å². The third kappa shape index (κ3) is 2.91. The SMILES string of the molecule is O=C(O)c1csc(N(CC2CCC2)CC2CCC2)n1. The summed E-state index contributed by atoms with van der Waals surface area (Å²) in [6, 6.07) is 0. The molecule has 1 aromatic heterocycles. The van der Waals surface area contributed by atoms with Crippen LogP contribution in [-0.2, 0) is 0 Å². The smallest absolute Gasteiger partial charge is 0.355 e. The van der Waals surface area contributed by atoms with Crippen molar-refractivity contribution in [3.63, 3.8) is 0 Å². The van der Waals surface area contributed by atoms with Gasteiger partial charge in [0.05, 0.1) is 0 Å². The van der Waals surface area contributed by atoms with Crippen LogP contribution in [0.15, 0.2) is 5.38 Å². The maximum Gasteiger partial charge on any atom is 0.355 e. The summed E-state index contributed by atoms with van der Waals surface area (Å²) in [5.74, 6) is 0.657. The van der Waals surface area contributed by atoms with E-state index >= 15 is 0 Å². The molecule has 2 fully saturated rings. The summed E-state index contributed by atoms with van der Waals surface area (Å²) in [6.45, 7) is 2.12. The molecule has 5 heteroatoms. The zero-order valence-corrected chi connectivity index (χ0v) is 11.9. The van der Waals surface area contributed by atoms with Crippen molar-refractivity contribution < 1.29 is 9.90 Å². The highest BCUT2D eigenvalue weighted by atomic mass is 32.1. The standard InChI is InChI=1S/C14H20N2O2S/c17-13(18)12-9-19-14(15-12)16(7-10-3-1-4-10)8-11-5-2-6-11/h9-11H,1-8H2,(H,17,18). The Morgan fingerprint density at radius 1 is 1.26 bits per heavy atom. The third-order valence-corrected chi connectivity index (χ3v) is 5.29. The summed E-state index contributed by atoms with van der Waals surface area (Å²) >= 11 is 1.47. The highest BCUT2D eigenvalue weighted by Crippen LogP contribution is 2.33. The lowest BCUT2D eigenvalue weighted by Crippen LogP contribution is -2.37. The normalized spacial score (nSPS) is 19.8. The van der Waals surface area contributed by atoms with Crippen molar-refractivity contribution in [3.05, 3.63) is 11.1 Å². The highest BCUT2D eigenvalue weighted by molar-refractivity contribution is 7.13. The molecule has 0 aromatic carbocycles. The van der Waals surface area contributed by atoms with Crippen molar-refractivity contribution in [2.24, 2.45) is 11.8 Å². The first kappa shape index (κ1) is 12.9. The zero-order valence-electron chi connectivity index (χ0n) is 11.0. The van der Waals surface area contributed by atoms with Gasteiger partial charge in [-0.05, 0) is 37.5 Å². The molecule has 19 heavy (non-hydrogen) atoms. The predicted octanol–water partition coefficient (Wildman–Crippen LogP) is 3.25. The largest absolute Gasteiger partial charge is 0.476 e. The summed E-state index contributed by atoms with van der Waals surface area (Å²) in [6.07, 6.45) is 7.97. The van der Waals surface area contributed by atoms with Gasteiger partial charge in [-0.3, -0.25) is 0 Å². The molecule has 0 atom stereocenters. The van der Waals surface area contributed by atoms with Crippen LogP contribution in [0.5, 0.6) is 0 Å². The molecule has 0 radical (unpaired) electrons. The molecular formula is C14H20N2O2S. The molecule has 1 N–H and O–H groups in total. The number of aromatic carboxylic acids is 1. The number of aromatic nitrogens is 1. The van der Waals surface area contributed by atoms with Gasteiger partial charge >= 0.3 is 5.97 Å². The van der Waals surface area contributed by atoms with E-state index in [1.165, 1.54) is 49.9 Å². The summed E-state index contributed by atoms with van der Waals surface area (Å²) in [7, 11) is 0. The molecule has 0 unspecified atom stereocenters. The van der Waals surface area contributed by atoms with Gasteiger partial charge in [0.15, 0.2) is 10.8 Å². The number of rotatable bonds is 6. The average Bonchev–Trinajstić information content (AvgIpc) is 2.73. The number of thiazole rings is 1. The van der Waals surface area contributed by atoms with Crippen LogP contribution in [0.25, 0.3) is 0 Å². The van der Waals surface area contributed by atoms with E-state index in [2.05, 4.69) is 9.88 Å². The monoisotopic (exact) mass is 280 g/mol. The van der Waals surface area contributed by atoms with Crippen molar-refractivity contribution in [3.8, 4) is 0 Å². The van der Waals surface area contributed by atoms with Crippen molar-refractivity contribution in [2.75, 3.05) is 18.0 Å². The van der Waals surface area contributed by atoms with Crippen molar-refractivity contribution in [2.45, 2.75) is 38.5 Å². The molecule has 2 aliphatic carbocycles. The number of hydrogen-bond acceptors (Lipinski definition) is 4. The molecule has 104 valence electrons. The van der Waals surface area contributed by atoms with Gasteiger partial charge in [0.2, 0.25) is 0 Å². The van der Waals surface area contributed by atoms with Gasteiger partial charge in [-0.15, -0.1) is 11.3 Å². The molecule has 4 nitrogen and oxygen atoms in total. The Balaban J connectivity index is 1.69. The first-order valence-electron chi connectivity index (χ1n) is 7.16. The molecule has 0 bridgehead atoms. The van der Waals surface area contributed by atoms with Crippen LogP contribution in [0, 0.1) is 11.8 Å². The average molecular weight is 280 g/mol. The number of nitrogens with zero attached hydrogens (tertiary/aromatic N) is 2. The summed E-state index contributed by atoms with van der Waals surface area (Å²) in [5.41, 5.74) is 0.187. The van der Waals surface area contributed by atoms with Crippen LogP contribution in [0.4, 0.5) is 5.13 Å². The van der Waals surface area contributed by atoms with Crippen LogP contribution in [0.3, 0.4) is 0 Å². The second-order valence-corrected chi connectivity index (χ2v) is 6.66. The van der Waals surface area contributed by atoms with E-state index in [0.29, 0.717) is 0 Å². The number of carboxylic acid groups (broad SMARTS) is 1. The maximum absolute atomic E-state index is 10.9. The molecule has 2 saturated carbocycles. The molecule has 0 saturated heterocycles. The second kappa shape index (κ2) is 5.49. The molecule has 0 amide bonds. The molecule has 3 rings (SSSR count). The van der Waals surface area contributed by atoms with E-state index in [-0.39, 0.29) is 5.69 Å². The van der Waals surface area contributed by atoms with E-state index in [9.17, 15) is 4.79 Å². The van der Waals surface area contributed by atoms with E-state index in [1.807, 2.05) is 0 Å². The lowest BCUT2D eigenvalue weighted by atomic mass is 9.83. The minimum absolute atomic E-state index is 0.187. The summed E-state index contributed by atoms with van der Waals surface area (Å²) in [5, 5.41) is 11.5. The first-order valence-corrected chi connectivity index (χ1v) is 8.04. The van der Waals surface area contributed by atoms with E-state index < -0.39 is 5.97 Å². The van der Waals surface area contributed by atoms with Gasteiger partial charge in [-0.25, -0.2) is 9.78 Å². The fraction of sp³-hybridized carbons (Fsp3) is 0.714. The Labute approximate surface area is 117 Å². The van der Waals surface area contributed by atoms with E-state index in [4.69, 9.17) is 5.11 Å². The van der Waals surface area contributed by atoms with Gasteiger partial charge in [-0.1, -0.05) is 12.8 Å². The molecule has 1 aromatic rings. The number of carboxylic acids is 1. The Bertz CT molecular complexity index is 436. The topological polar surface area (TPSA) is 53.4 Å². The van der Waals surface area contributed by atoms with Crippen molar-refractivity contribution >= 4 is 22.4 Å². The van der Waals surface area contributed by atoms with Gasteiger partial charge in [-0.2, -0.15) is 0 Å². The predicted molar refractivity (Wildman–Crippen MR) is 76.0 cm³/mol. The Morgan fingerprint density at radius 3 is 2.21 bits per heavy atom. The van der Waals surface area contributed by atoms with Crippen molar-refractivity contribution in [1.29, 1.82) is 0 Å². The maximum atomic E-state index is 10.9. The van der Waals surface area contributed by atoms with Gasteiger partial charge in [0.25, 0.3) is 0 Å². The van der Waals surface area contributed by atoms with Gasteiger partial charge in [0.1, 0.15) is 0 Å². The summed E-state index contributed by atoms with van der Waals surface area (Å²) < 4.78 is 0. The number of carbonyl (C=O) groups is 1. The molecule has 0 aliphatic heterocycles. The van der Waals surface area contributed by atoms with Crippen LogP contribution >= 0.6 is 11.3 Å².